The quantitative estimate of drug-likeness (QED) is 0.290. The Morgan fingerprint density at radius 3 is 2.74 bits per heavy atom. The number of aryl methyl sites for hydroxylation is 1. The van der Waals surface area contributed by atoms with Gasteiger partial charge in [-0.3, -0.25) is 4.98 Å². The van der Waals surface area contributed by atoms with E-state index in [1.807, 2.05) is 6.92 Å². The number of rotatable bonds is 12. The maximum atomic E-state index is 13.0. The maximum absolute atomic E-state index is 13.0. The fourth-order valence-electron chi connectivity index (χ4n) is 3.38. The largest absolute Gasteiger partial charge is 0.383 e. The maximum Gasteiger partial charge on any atom is 0.280 e. The molecule has 34 heavy (non-hydrogen) atoms. The number of aromatic nitrogens is 5. The number of nitrogens with one attached hydrogen (secondary N) is 1. The minimum Gasteiger partial charge on any atom is -0.383 e. The van der Waals surface area contributed by atoms with E-state index in [0.29, 0.717) is 30.2 Å². The molecule has 0 amide bonds. The molecular weight excluding hydrogens is 470 g/mol. The summed E-state index contributed by atoms with van der Waals surface area (Å²) in [5, 5.41) is 13.9. The molecule has 184 valence electrons. The molecule has 3 aromatic rings. The molecule has 0 radical (unpaired) electrons. The Morgan fingerprint density at radius 1 is 1.24 bits per heavy atom. The molecule has 2 atom stereocenters. The van der Waals surface area contributed by atoms with Crippen LogP contribution in [0.5, 0.6) is 0 Å². The van der Waals surface area contributed by atoms with Gasteiger partial charge in [-0.05, 0) is 43.1 Å². The van der Waals surface area contributed by atoms with Crippen LogP contribution in [0.3, 0.4) is 0 Å². The average molecular weight is 497 g/mol. The van der Waals surface area contributed by atoms with Crippen molar-refractivity contribution in [3.05, 3.63) is 58.7 Å². The SMILES string of the molecule is CCOC(O)c1nc(-c2nc(Cl)ncc2C)cn1C[C@H](COC)NCc1cccc(C(F)F)n1. The van der Waals surface area contributed by atoms with E-state index >= 15 is 0 Å². The lowest BCUT2D eigenvalue weighted by Crippen LogP contribution is -2.37. The number of aliphatic hydroxyl groups is 1. The second kappa shape index (κ2) is 12.2. The number of alkyl halides is 2. The number of hydrogen-bond acceptors (Lipinski definition) is 8. The Kier molecular flexibility index (Phi) is 9.36. The molecule has 1 unspecified atom stereocenters. The highest BCUT2D eigenvalue weighted by molar-refractivity contribution is 6.28. The minimum absolute atomic E-state index is 0.0829. The molecule has 12 heteroatoms. The molecule has 0 aliphatic carbocycles. The summed E-state index contributed by atoms with van der Waals surface area (Å²) in [7, 11) is 1.56. The Morgan fingerprint density at radius 2 is 2.03 bits per heavy atom. The fraction of sp³-hybridized carbons (Fsp3) is 0.455. The van der Waals surface area contributed by atoms with Crippen LogP contribution in [0.1, 0.15) is 42.4 Å². The first-order valence-corrected chi connectivity index (χ1v) is 11.0. The predicted molar refractivity (Wildman–Crippen MR) is 121 cm³/mol. The molecule has 0 bridgehead atoms. The smallest absolute Gasteiger partial charge is 0.280 e. The van der Waals surface area contributed by atoms with Crippen molar-refractivity contribution >= 4 is 11.6 Å². The summed E-state index contributed by atoms with van der Waals surface area (Å²) >= 11 is 5.97. The molecule has 9 nitrogen and oxygen atoms in total. The van der Waals surface area contributed by atoms with Crippen LogP contribution in [-0.4, -0.2) is 56.0 Å². The highest BCUT2D eigenvalue weighted by Crippen LogP contribution is 2.25. The van der Waals surface area contributed by atoms with Gasteiger partial charge in [-0.1, -0.05) is 6.07 Å². The van der Waals surface area contributed by atoms with Gasteiger partial charge in [-0.2, -0.15) is 0 Å². The highest BCUT2D eigenvalue weighted by Gasteiger charge is 2.22. The Bertz CT molecular complexity index is 1080. The first kappa shape index (κ1) is 26.0. The van der Waals surface area contributed by atoms with Crippen molar-refractivity contribution in [1.29, 1.82) is 0 Å². The summed E-state index contributed by atoms with van der Waals surface area (Å²) in [5.41, 5.74) is 2.00. The molecule has 2 N–H and O–H groups in total. The van der Waals surface area contributed by atoms with E-state index in [-0.39, 0.29) is 36.0 Å². The number of nitrogens with zero attached hydrogens (tertiary/aromatic N) is 5. The summed E-state index contributed by atoms with van der Waals surface area (Å²) in [6.07, 6.45) is -0.564. The normalized spacial score (nSPS) is 13.4. The summed E-state index contributed by atoms with van der Waals surface area (Å²) < 4.78 is 38.4. The van der Waals surface area contributed by atoms with E-state index in [4.69, 9.17) is 21.1 Å². The van der Waals surface area contributed by atoms with Gasteiger partial charge in [0.15, 0.2) is 5.82 Å². The van der Waals surface area contributed by atoms with Gasteiger partial charge in [0, 0.05) is 45.2 Å². The Labute approximate surface area is 201 Å². The molecule has 0 aliphatic rings. The van der Waals surface area contributed by atoms with Gasteiger partial charge >= 0.3 is 0 Å². The van der Waals surface area contributed by atoms with Crippen LogP contribution in [0.25, 0.3) is 11.4 Å². The highest BCUT2D eigenvalue weighted by atomic mass is 35.5. The van der Waals surface area contributed by atoms with Gasteiger partial charge in [0.2, 0.25) is 11.6 Å². The zero-order valence-electron chi connectivity index (χ0n) is 19.1. The minimum atomic E-state index is -2.64. The molecule has 3 heterocycles. The van der Waals surface area contributed by atoms with Crippen LogP contribution in [0.4, 0.5) is 8.78 Å². The summed E-state index contributed by atoms with van der Waals surface area (Å²) in [6, 6.07) is 4.25. The number of aliphatic hydroxyl groups excluding tert-OH is 1. The van der Waals surface area contributed by atoms with Crippen molar-refractivity contribution in [1.82, 2.24) is 29.8 Å². The lowest BCUT2D eigenvalue weighted by atomic mass is 10.2. The monoisotopic (exact) mass is 496 g/mol. The third-order valence-electron chi connectivity index (χ3n) is 4.95. The van der Waals surface area contributed by atoms with Crippen molar-refractivity contribution in [2.45, 2.75) is 45.7 Å². The fourth-order valence-corrected chi connectivity index (χ4v) is 3.52. The van der Waals surface area contributed by atoms with Gasteiger partial charge in [0.1, 0.15) is 11.4 Å². The third-order valence-corrected chi connectivity index (χ3v) is 5.13. The van der Waals surface area contributed by atoms with E-state index in [9.17, 15) is 13.9 Å². The zero-order valence-corrected chi connectivity index (χ0v) is 19.8. The van der Waals surface area contributed by atoms with Crippen LogP contribution < -0.4 is 5.32 Å². The number of halogens is 3. The third kappa shape index (κ3) is 6.73. The summed E-state index contributed by atoms with van der Waals surface area (Å²) in [5.74, 6) is 0.284. The Hall–Kier alpha value is -2.57. The second-order valence-electron chi connectivity index (χ2n) is 7.50. The average Bonchev–Trinajstić information content (AvgIpc) is 3.23. The van der Waals surface area contributed by atoms with Crippen LogP contribution in [0, 0.1) is 6.92 Å². The van der Waals surface area contributed by atoms with E-state index < -0.39 is 12.7 Å². The van der Waals surface area contributed by atoms with Gasteiger partial charge in [-0.15, -0.1) is 0 Å². The molecule has 0 spiro atoms. The van der Waals surface area contributed by atoms with Gasteiger partial charge in [0.05, 0.1) is 18.0 Å². The van der Waals surface area contributed by atoms with Crippen LogP contribution in [0.15, 0.2) is 30.6 Å². The topological polar surface area (TPSA) is 107 Å². The molecule has 0 aromatic carbocycles. The molecule has 3 rings (SSSR count). The molecule has 0 saturated heterocycles. The molecule has 0 fully saturated rings. The molecular formula is C22H27ClF2N6O3. The van der Waals surface area contributed by atoms with Gasteiger partial charge in [0.25, 0.3) is 6.43 Å². The van der Waals surface area contributed by atoms with E-state index in [1.165, 1.54) is 6.07 Å². The number of pyridine rings is 1. The zero-order chi connectivity index (χ0) is 24.7. The first-order valence-electron chi connectivity index (χ1n) is 10.6. The number of hydrogen-bond donors (Lipinski definition) is 2. The number of methoxy groups -OCH3 is 1. The molecule has 0 aliphatic heterocycles. The molecule has 3 aromatic heterocycles. The van der Waals surface area contributed by atoms with Crippen molar-refractivity contribution in [3.8, 4) is 11.4 Å². The van der Waals surface area contributed by atoms with Crippen molar-refractivity contribution in [3.63, 3.8) is 0 Å². The lowest BCUT2D eigenvalue weighted by molar-refractivity contribution is -0.106. The van der Waals surface area contributed by atoms with Crippen molar-refractivity contribution in [2.75, 3.05) is 20.3 Å². The summed E-state index contributed by atoms with van der Waals surface area (Å²) in [6.45, 7) is 4.78. The van der Waals surface area contributed by atoms with Gasteiger partial charge in [-0.25, -0.2) is 23.7 Å². The van der Waals surface area contributed by atoms with Crippen LogP contribution >= 0.6 is 11.6 Å². The summed E-state index contributed by atoms with van der Waals surface area (Å²) in [4.78, 5) is 16.8. The van der Waals surface area contributed by atoms with Crippen LogP contribution in [-0.2, 0) is 22.6 Å². The standard InChI is InChI=1S/C22H27ClF2N6O3/c1-4-34-21(32)20-29-17(18-13(2)8-27-22(23)30-18)11-31(20)10-15(12-33-3)26-9-14-6-5-7-16(28-14)19(24)25/h5-8,11,15,19,21,26,32H,4,9-10,12H2,1-3H3/t15-,21?/m1/s1. The Balaban J connectivity index is 1.85. The first-order chi connectivity index (χ1) is 16.3. The van der Waals surface area contributed by atoms with Gasteiger partial charge < -0.3 is 24.5 Å². The van der Waals surface area contributed by atoms with E-state index in [1.54, 1.807) is 43.1 Å². The second-order valence-corrected chi connectivity index (χ2v) is 7.84. The predicted octanol–water partition coefficient (Wildman–Crippen LogP) is 3.47. The number of ether oxygens (including phenoxy) is 2. The van der Waals surface area contributed by atoms with Crippen molar-refractivity contribution < 1.29 is 23.4 Å². The molecule has 0 saturated carbocycles. The van der Waals surface area contributed by atoms with E-state index in [2.05, 4.69) is 25.3 Å². The lowest BCUT2D eigenvalue weighted by Gasteiger charge is -2.21. The number of imidazole rings is 1. The van der Waals surface area contributed by atoms with E-state index in [0.717, 1.165) is 5.56 Å². The van der Waals surface area contributed by atoms with Crippen molar-refractivity contribution in [2.24, 2.45) is 0 Å². The van der Waals surface area contributed by atoms with Crippen LogP contribution in [0.2, 0.25) is 5.28 Å².